The van der Waals surface area contributed by atoms with Crippen LogP contribution in [0.2, 0.25) is 0 Å². The van der Waals surface area contributed by atoms with E-state index in [-0.39, 0.29) is 19.1 Å². The fraction of sp³-hybridized carbons (Fsp3) is 0.545. The van der Waals surface area contributed by atoms with Crippen LogP contribution in [-0.2, 0) is 18.2 Å². The van der Waals surface area contributed by atoms with Gasteiger partial charge in [0.25, 0.3) is 0 Å². The maximum absolute atomic E-state index is 10.7. The molecule has 0 radical (unpaired) electrons. The lowest BCUT2D eigenvalue weighted by Crippen LogP contribution is -2.07. The highest BCUT2D eigenvalue weighted by atomic mass is 31.2. The van der Waals surface area contributed by atoms with Crippen molar-refractivity contribution in [2.75, 3.05) is 13.2 Å². The molecule has 10 heteroatoms. The first kappa shape index (κ1) is 30.9. The van der Waals surface area contributed by atoms with Gasteiger partial charge >= 0.3 is 15.6 Å². The lowest BCUT2D eigenvalue weighted by molar-refractivity contribution is 0.162. The molecular weight excluding hydrogens is 454 g/mol. The van der Waals surface area contributed by atoms with E-state index in [2.05, 4.69) is 51.6 Å². The second-order valence-corrected chi connectivity index (χ2v) is 9.53. The minimum absolute atomic E-state index is 0.00705. The Morgan fingerprint density at radius 1 is 0.656 bits per heavy atom. The molecule has 0 aromatic heterocycles. The first-order chi connectivity index (χ1) is 15.1. The minimum atomic E-state index is -4.38. The van der Waals surface area contributed by atoms with Crippen molar-refractivity contribution in [2.24, 2.45) is 5.92 Å². The zero-order chi connectivity index (χ0) is 24.1. The van der Waals surface area contributed by atoms with Gasteiger partial charge in [0.1, 0.15) is 0 Å². The molecule has 1 unspecified atom stereocenters. The smallest absolute Gasteiger partial charge is 0.303 e. The van der Waals surface area contributed by atoms with E-state index in [9.17, 15) is 9.13 Å². The summed E-state index contributed by atoms with van der Waals surface area (Å²) < 4.78 is 30.1. The van der Waals surface area contributed by atoms with Crippen molar-refractivity contribution >= 4 is 15.6 Å². The average Bonchev–Trinajstić information content (AvgIpc) is 2.70. The van der Waals surface area contributed by atoms with E-state index in [1.807, 2.05) is 25.2 Å². The topological polar surface area (TPSA) is 134 Å². The molecule has 0 bridgehead atoms. The van der Waals surface area contributed by atoms with Gasteiger partial charge in [0.2, 0.25) is 0 Å². The Labute approximate surface area is 191 Å². The van der Waals surface area contributed by atoms with E-state index in [1.54, 1.807) is 0 Å². The zero-order valence-electron chi connectivity index (χ0n) is 18.7. The lowest BCUT2D eigenvalue weighted by Gasteiger charge is -2.14. The normalized spacial score (nSPS) is 14.8. The quantitative estimate of drug-likeness (QED) is 0.102. The fourth-order valence-corrected chi connectivity index (χ4v) is 3.25. The maximum Gasteiger partial charge on any atom is 0.469 e. The molecule has 8 nitrogen and oxygen atoms in total. The summed E-state index contributed by atoms with van der Waals surface area (Å²) in [4.78, 5) is 34.5. The molecule has 1 atom stereocenters. The molecule has 184 valence electrons. The highest BCUT2D eigenvalue weighted by molar-refractivity contribution is 7.46. The SMILES string of the molecule is CCC(CC/C=C/C/C=C/C/C=C/C/C=C/C/C=C/CCOP(=O)(O)O)COP(=O)(O)O. The molecule has 4 N–H and O–H groups in total. The van der Waals surface area contributed by atoms with Crippen molar-refractivity contribution < 1.29 is 37.8 Å². The highest BCUT2D eigenvalue weighted by Crippen LogP contribution is 2.37. The van der Waals surface area contributed by atoms with E-state index in [4.69, 9.17) is 19.6 Å². The van der Waals surface area contributed by atoms with Crippen LogP contribution in [0.5, 0.6) is 0 Å². The van der Waals surface area contributed by atoms with E-state index in [0.29, 0.717) is 6.42 Å². The summed E-state index contributed by atoms with van der Waals surface area (Å²) in [5.74, 6) is 0.146. The van der Waals surface area contributed by atoms with Gasteiger partial charge in [0.05, 0.1) is 13.2 Å². The van der Waals surface area contributed by atoms with Gasteiger partial charge in [-0.2, -0.15) is 0 Å². The van der Waals surface area contributed by atoms with Crippen LogP contribution in [0.1, 0.15) is 58.3 Å². The molecule has 0 saturated carbocycles. The number of allylic oxidation sites excluding steroid dienone is 9. The van der Waals surface area contributed by atoms with Crippen molar-refractivity contribution in [1.29, 1.82) is 0 Å². The van der Waals surface area contributed by atoms with Gasteiger partial charge in [-0.1, -0.05) is 74.1 Å². The first-order valence-electron chi connectivity index (χ1n) is 10.8. The molecular formula is C22H38O8P2. The summed E-state index contributed by atoms with van der Waals surface area (Å²) in [6, 6.07) is 0. The number of rotatable bonds is 19. The molecule has 0 aliphatic rings. The van der Waals surface area contributed by atoms with Crippen LogP contribution in [0, 0.1) is 5.92 Å². The Morgan fingerprint density at radius 2 is 1.06 bits per heavy atom. The summed E-state index contributed by atoms with van der Waals surface area (Å²) in [5, 5.41) is 0. The third kappa shape index (κ3) is 25.2. The van der Waals surface area contributed by atoms with E-state index in [0.717, 1.165) is 44.9 Å². The van der Waals surface area contributed by atoms with Crippen LogP contribution < -0.4 is 0 Å². The molecule has 0 aliphatic carbocycles. The van der Waals surface area contributed by atoms with Gasteiger partial charge in [-0.3, -0.25) is 9.05 Å². The van der Waals surface area contributed by atoms with Crippen LogP contribution >= 0.6 is 15.6 Å². The Hall–Kier alpha value is -1.08. The molecule has 0 amide bonds. The molecule has 0 heterocycles. The fourth-order valence-electron chi connectivity index (χ4n) is 2.50. The van der Waals surface area contributed by atoms with Crippen LogP contribution in [-0.4, -0.2) is 32.8 Å². The highest BCUT2D eigenvalue weighted by Gasteiger charge is 2.16. The third-order valence-electron chi connectivity index (χ3n) is 4.26. The van der Waals surface area contributed by atoms with Gasteiger partial charge in [-0.15, -0.1) is 0 Å². The second-order valence-electron chi connectivity index (χ2n) is 7.05. The summed E-state index contributed by atoms with van der Waals surface area (Å²) >= 11 is 0. The van der Waals surface area contributed by atoms with Gasteiger partial charge < -0.3 is 19.6 Å². The van der Waals surface area contributed by atoms with Gasteiger partial charge in [-0.25, -0.2) is 9.13 Å². The number of phosphoric acid groups is 2. The number of hydrogen-bond acceptors (Lipinski definition) is 4. The lowest BCUT2D eigenvalue weighted by atomic mass is 10.0. The summed E-state index contributed by atoms with van der Waals surface area (Å²) in [6.07, 6.45) is 26.8. The van der Waals surface area contributed by atoms with Gasteiger partial charge in [-0.05, 0) is 50.9 Å². The van der Waals surface area contributed by atoms with Crippen molar-refractivity contribution in [3.05, 3.63) is 60.8 Å². The second kappa shape index (κ2) is 19.4. The summed E-state index contributed by atoms with van der Waals surface area (Å²) in [7, 11) is -8.73. The standard InChI is InChI=1S/C22H38O8P2/c1-2-22(21-30-32(26,27)28)19-17-15-13-11-9-7-5-3-4-6-8-10-12-14-16-18-20-29-31(23,24)25/h3-4,7-10,13-16,22H,2,5-6,11-12,17-21H2,1H3,(H2,23,24,25)(H2,26,27,28)/b4-3+,9-7+,10-8+,15-13+,16-14+. The Balaban J connectivity index is 3.70. The van der Waals surface area contributed by atoms with Crippen LogP contribution in [0.3, 0.4) is 0 Å². The zero-order valence-corrected chi connectivity index (χ0v) is 20.5. The third-order valence-corrected chi connectivity index (χ3v) is 5.27. The summed E-state index contributed by atoms with van der Waals surface area (Å²) in [5.41, 5.74) is 0. The molecule has 0 saturated heterocycles. The predicted octanol–water partition coefficient (Wildman–Crippen LogP) is 5.74. The molecule has 32 heavy (non-hydrogen) atoms. The monoisotopic (exact) mass is 492 g/mol. The van der Waals surface area contributed by atoms with Crippen LogP contribution in [0.25, 0.3) is 0 Å². The number of hydrogen-bond donors (Lipinski definition) is 4. The van der Waals surface area contributed by atoms with Crippen molar-refractivity contribution in [3.8, 4) is 0 Å². The van der Waals surface area contributed by atoms with Crippen molar-refractivity contribution in [3.63, 3.8) is 0 Å². The van der Waals surface area contributed by atoms with Gasteiger partial charge in [0, 0.05) is 0 Å². The molecule has 0 aliphatic heterocycles. The molecule has 0 rings (SSSR count). The molecule has 0 aromatic carbocycles. The van der Waals surface area contributed by atoms with Crippen molar-refractivity contribution in [1.82, 2.24) is 0 Å². The van der Waals surface area contributed by atoms with Crippen LogP contribution in [0.4, 0.5) is 0 Å². The predicted molar refractivity (Wildman–Crippen MR) is 128 cm³/mol. The van der Waals surface area contributed by atoms with E-state index < -0.39 is 15.6 Å². The number of phosphoric ester groups is 2. The van der Waals surface area contributed by atoms with E-state index >= 15 is 0 Å². The Morgan fingerprint density at radius 3 is 1.47 bits per heavy atom. The van der Waals surface area contributed by atoms with Crippen molar-refractivity contribution in [2.45, 2.75) is 58.3 Å². The average molecular weight is 492 g/mol. The largest absolute Gasteiger partial charge is 0.469 e. The minimum Gasteiger partial charge on any atom is -0.303 e. The maximum atomic E-state index is 10.7. The molecule has 0 aromatic rings. The molecule has 0 fully saturated rings. The molecule has 0 spiro atoms. The van der Waals surface area contributed by atoms with E-state index in [1.165, 1.54) is 0 Å². The Bertz CT molecular complexity index is 701. The van der Waals surface area contributed by atoms with Crippen LogP contribution in [0.15, 0.2) is 60.8 Å². The summed E-state index contributed by atoms with van der Waals surface area (Å²) in [6.45, 7) is 2.08. The first-order valence-corrected chi connectivity index (χ1v) is 13.8. The Kier molecular flexibility index (Phi) is 18.7. The van der Waals surface area contributed by atoms with Gasteiger partial charge in [0.15, 0.2) is 0 Å².